The third-order valence-corrected chi connectivity index (χ3v) is 3.47. The summed E-state index contributed by atoms with van der Waals surface area (Å²) < 4.78 is 1.77. The molecule has 0 saturated heterocycles. The van der Waals surface area contributed by atoms with Crippen molar-refractivity contribution in [1.82, 2.24) is 9.78 Å². The first-order chi connectivity index (χ1) is 8.82. The molecular formula is C15H20N2O2. The van der Waals surface area contributed by atoms with Crippen LogP contribution in [0.15, 0.2) is 24.3 Å². The van der Waals surface area contributed by atoms with Crippen LogP contribution in [0, 0.1) is 6.92 Å². The molecular weight excluding hydrogens is 240 g/mol. The van der Waals surface area contributed by atoms with Gasteiger partial charge in [-0.15, -0.1) is 0 Å². The molecule has 0 bridgehead atoms. The second-order valence-electron chi connectivity index (χ2n) is 6.01. The molecule has 0 radical (unpaired) electrons. The molecule has 0 aromatic carbocycles. The molecule has 0 amide bonds. The highest BCUT2D eigenvalue weighted by Gasteiger charge is 2.37. The van der Waals surface area contributed by atoms with Gasteiger partial charge in [0.05, 0.1) is 16.6 Å². The normalized spacial score (nSPS) is 22.7. The molecule has 0 saturated carbocycles. The summed E-state index contributed by atoms with van der Waals surface area (Å²) in [5.74, 6) is 0.113. The van der Waals surface area contributed by atoms with E-state index in [2.05, 4.69) is 5.10 Å². The van der Waals surface area contributed by atoms with E-state index < -0.39 is 5.41 Å². The molecule has 0 spiro atoms. The van der Waals surface area contributed by atoms with Crippen LogP contribution in [-0.4, -0.2) is 21.2 Å². The van der Waals surface area contributed by atoms with Gasteiger partial charge in [0.2, 0.25) is 0 Å². The first-order valence-corrected chi connectivity index (χ1v) is 6.42. The smallest absolute Gasteiger partial charge is 0.161 e. The molecule has 4 heteroatoms. The van der Waals surface area contributed by atoms with Crippen molar-refractivity contribution in [3.8, 4) is 5.75 Å². The Morgan fingerprint density at radius 1 is 1.42 bits per heavy atom. The Hall–Kier alpha value is -1.84. The largest absolute Gasteiger partial charge is 0.504 e. The fourth-order valence-electron chi connectivity index (χ4n) is 2.42. The molecule has 1 aliphatic carbocycles. The van der Waals surface area contributed by atoms with E-state index in [9.17, 15) is 9.90 Å². The molecule has 1 aromatic heterocycles. The lowest BCUT2D eigenvalue weighted by Gasteiger charge is -2.24. The monoisotopic (exact) mass is 260 g/mol. The van der Waals surface area contributed by atoms with Crippen molar-refractivity contribution in [1.29, 1.82) is 0 Å². The Morgan fingerprint density at radius 2 is 2.11 bits per heavy atom. The van der Waals surface area contributed by atoms with Crippen molar-refractivity contribution in [2.45, 2.75) is 45.1 Å². The number of rotatable bonds is 2. The maximum atomic E-state index is 11.6. The van der Waals surface area contributed by atoms with Crippen molar-refractivity contribution in [2.24, 2.45) is 0 Å². The Labute approximate surface area is 113 Å². The summed E-state index contributed by atoms with van der Waals surface area (Å²) in [5.41, 5.74) is 0.0419. The van der Waals surface area contributed by atoms with Crippen LogP contribution in [0.1, 0.15) is 38.6 Å². The summed E-state index contributed by atoms with van der Waals surface area (Å²) in [4.78, 5) is 11.6. The van der Waals surface area contributed by atoms with Crippen LogP contribution in [0.25, 0.3) is 0 Å². The highest BCUT2D eigenvalue weighted by molar-refractivity contribution is 5.74. The van der Waals surface area contributed by atoms with Crippen LogP contribution in [0.4, 0.5) is 0 Å². The zero-order valence-electron chi connectivity index (χ0n) is 11.8. The lowest BCUT2D eigenvalue weighted by Crippen LogP contribution is -2.29. The van der Waals surface area contributed by atoms with Gasteiger partial charge in [-0.25, -0.2) is 0 Å². The lowest BCUT2D eigenvalue weighted by atomic mass is 9.79. The third-order valence-electron chi connectivity index (χ3n) is 3.47. The van der Waals surface area contributed by atoms with Gasteiger partial charge < -0.3 is 9.90 Å². The maximum absolute atomic E-state index is 11.6. The van der Waals surface area contributed by atoms with Gasteiger partial charge in [-0.3, -0.25) is 4.68 Å². The van der Waals surface area contributed by atoms with Crippen LogP contribution in [-0.2, 0) is 15.7 Å². The standard InChI is InChI=1S/C15H20N2O2/c1-11-12(19)13(16-17(11)14(2,3)4)15(10-18)8-6-5-7-9-15/h5-8,10,19H,9H2,1-4H3. The van der Waals surface area contributed by atoms with E-state index in [0.717, 1.165) is 6.29 Å². The predicted octanol–water partition coefficient (Wildman–Crippen LogP) is 2.60. The van der Waals surface area contributed by atoms with Crippen molar-refractivity contribution in [3.05, 3.63) is 35.7 Å². The van der Waals surface area contributed by atoms with E-state index in [1.165, 1.54) is 0 Å². The number of hydrogen-bond acceptors (Lipinski definition) is 3. The number of carbonyl (C=O) groups is 1. The molecule has 0 fully saturated rings. The summed E-state index contributed by atoms with van der Waals surface area (Å²) in [7, 11) is 0. The molecule has 4 nitrogen and oxygen atoms in total. The number of aromatic nitrogens is 2. The fourth-order valence-corrected chi connectivity index (χ4v) is 2.42. The summed E-state index contributed by atoms with van der Waals surface area (Å²) in [6.45, 7) is 7.86. The number of nitrogens with zero attached hydrogens (tertiary/aromatic N) is 2. The minimum atomic E-state index is -0.847. The minimum absolute atomic E-state index is 0.113. The number of hydrogen-bond donors (Lipinski definition) is 1. The highest BCUT2D eigenvalue weighted by atomic mass is 16.3. The highest BCUT2D eigenvalue weighted by Crippen LogP contribution is 2.38. The maximum Gasteiger partial charge on any atom is 0.161 e. The van der Waals surface area contributed by atoms with Gasteiger partial charge in [-0.05, 0) is 34.1 Å². The zero-order valence-corrected chi connectivity index (χ0v) is 11.8. The van der Waals surface area contributed by atoms with Gasteiger partial charge in [0.1, 0.15) is 12.0 Å². The molecule has 1 heterocycles. The second kappa shape index (κ2) is 4.37. The molecule has 1 aliphatic rings. The summed E-state index contributed by atoms with van der Waals surface area (Å²) in [5, 5.41) is 14.8. The zero-order chi connectivity index (χ0) is 14.3. The quantitative estimate of drug-likeness (QED) is 0.832. The van der Waals surface area contributed by atoms with E-state index in [1.807, 2.05) is 45.9 Å². The Bertz CT molecular complexity index is 561. The summed E-state index contributed by atoms with van der Waals surface area (Å²) in [6, 6.07) is 0. The van der Waals surface area contributed by atoms with Crippen LogP contribution < -0.4 is 0 Å². The topological polar surface area (TPSA) is 55.1 Å². The first-order valence-electron chi connectivity index (χ1n) is 6.42. The van der Waals surface area contributed by atoms with E-state index in [4.69, 9.17) is 0 Å². The molecule has 1 aromatic rings. The molecule has 102 valence electrons. The van der Waals surface area contributed by atoms with Gasteiger partial charge in [-0.2, -0.15) is 5.10 Å². The van der Waals surface area contributed by atoms with E-state index in [-0.39, 0.29) is 11.3 Å². The molecule has 19 heavy (non-hydrogen) atoms. The van der Waals surface area contributed by atoms with Gasteiger partial charge in [0.15, 0.2) is 5.75 Å². The van der Waals surface area contributed by atoms with Crippen LogP contribution >= 0.6 is 0 Å². The van der Waals surface area contributed by atoms with E-state index in [0.29, 0.717) is 17.8 Å². The minimum Gasteiger partial charge on any atom is -0.504 e. The van der Waals surface area contributed by atoms with Gasteiger partial charge in [0.25, 0.3) is 0 Å². The van der Waals surface area contributed by atoms with E-state index in [1.54, 1.807) is 10.8 Å². The van der Waals surface area contributed by atoms with Gasteiger partial charge in [0, 0.05) is 0 Å². The van der Waals surface area contributed by atoms with Crippen LogP contribution in [0.3, 0.4) is 0 Å². The fraction of sp³-hybridized carbons (Fsp3) is 0.467. The summed E-state index contributed by atoms with van der Waals surface area (Å²) >= 11 is 0. The number of carbonyl (C=O) groups excluding carboxylic acids is 1. The molecule has 1 unspecified atom stereocenters. The van der Waals surface area contributed by atoms with Crippen LogP contribution in [0.2, 0.25) is 0 Å². The van der Waals surface area contributed by atoms with Gasteiger partial charge >= 0.3 is 0 Å². The Balaban J connectivity index is 2.60. The van der Waals surface area contributed by atoms with Crippen LogP contribution in [0.5, 0.6) is 5.75 Å². The average Bonchev–Trinajstić information content (AvgIpc) is 2.67. The second-order valence-corrected chi connectivity index (χ2v) is 6.01. The lowest BCUT2D eigenvalue weighted by molar-refractivity contribution is -0.111. The predicted molar refractivity (Wildman–Crippen MR) is 74.3 cm³/mol. The summed E-state index contributed by atoms with van der Waals surface area (Å²) in [6.07, 6.45) is 8.83. The third kappa shape index (κ3) is 2.11. The number of aldehydes is 1. The van der Waals surface area contributed by atoms with Crippen molar-refractivity contribution in [2.75, 3.05) is 0 Å². The van der Waals surface area contributed by atoms with E-state index >= 15 is 0 Å². The molecule has 1 N–H and O–H groups in total. The Kier molecular flexibility index (Phi) is 3.12. The SMILES string of the molecule is Cc1c(O)c(C2(C=O)C=CC=CC2)nn1C(C)(C)C. The number of aromatic hydroxyl groups is 1. The van der Waals surface area contributed by atoms with Gasteiger partial charge in [-0.1, -0.05) is 24.3 Å². The van der Waals surface area contributed by atoms with Crippen molar-refractivity contribution >= 4 is 6.29 Å². The molecule has 0 aliphatic heterocycles. The Morgan fingerprint density at radius 3 is 2.53 bits per heavy atom. The number of allylic oxidation sites excluding steroid dienone is 4. The van der Waals surface area contributed by atoms with Crippen molar-refractivity contribution in [3.63, 3.8) is 0 Å². The molecule has 1 atom stereocenters. The molecule has 2 rings (SSSR count). The average molecular weight is 260 g/mol. The van der Waals surface area contributed by atoms with Crippen molar-refractivity contribution < 1.29 is 9.90 Å². The first kappa shape index (κ1) is 13.6.